The number of hydrogen-bond donors (Lipinski definition) is 1. The first-order valence-electron chi connectivity index (χ1n) is 4.74. The number of carbonyl (C=O) groups excluding carboxylic acids is 1. The standard InChI is InChI=1S/C9H16O5S/c1-3-5-14-9(12)7(2)15(13)6-4-8(10)11/h7H,3-6H2,1-2H3,(H,10,11). The lowest BCUT2D eigenvalue weighted by Crippen LogP contribution is -2.27. The Hall–Kier alpha value is -0.910. The van der Waals surface area contributed by atoms with Gasteiger partial charge >= 0.3 is 11.9 Å². The van der Waals surface area contributed by atoms with E-state index in [-0.39, 0.29) is 12.2 Å². The molecule has 0 aliphatic heterocycles. The van der Waals surface area contributed by atoms with Crippen molar-refractivity contribution in [2.75, 3.05) is 12.4 Å². The number of aliphatic carboxylic acids is 1. The summed E-state index contributed by atoms with van der Waals surface area (Å²) in [7, 11) is -1.47. The number of esters is 1. The average Bonchev–Trinajstić information content (AvgIpc) is 2.21. The first-order valence-corrected chi connectivity index (χ1v) is 6.12. The minimum absolute atomic E-state index is 0.0161. The maximum absolute atomic E-state index is 11.4. The summed E-state index contributed by atoms with van der Waals surface area (Å²) in [5, 5.41) is 7.62. The summed E-state index contributed by atoms with van der Waals surface area (Å²) in [6.45, 7) is 3.65. The lowest BCUT2D eigenvalue weighted by atomic mass is 10.5. The molecule has 0 bridgehead atoms. The van der Waals surface area contributed by atoms with E-state index in [2.05, 4.69) is 0 Å². The van der Waals surface area contributed by atoms with E-state index in [9.17, 15) is 13.8 Å². The third-order valence-corrected chi connectivity index (χ3v) is 3.28. The zero-order valence-electron chi connectivity index (χ0n) is 8.89. The van der Waals surface area contributed by atoms with Gasteiger partial charge < -0.3 is 9.84 Å². The smallest absolute Gasteiger partial charge is 0.321 e. The molecule has 0 saturated heterocycles. The Kier molecular flexibility index (Phi) is 6.94. The summed E-state index contributed by atoms with van der Waals surface area (Å²) in [5.41, 5.74) is 0. The van der Waals surface area contributed by atoms with E-state index in [1.54, 1.807) is 0 Å². The van der Waals surface area contributed by atoms with Crippen molar-refractivity contribution in [3.05, 3.63) is 0 Å². The third kappa shape index (κ3) is 6.22. The predicted molar refractivity (Wildman–Crippen MR) is 56.0 cm³/mol. The van der Waals surface area contributed by atoms with Gasteiger partial charge in [-0.2, -0.15) is 0 Å². The molecule has 0 radical (unpaired) electrons. The molecular formula is C9H16O5S. The number of rotatable bonds is 7. The van der Waals surface area contributed by atoms with Crippen LogP contribution < -0.4 is 0 Å². The molecule has 1 N–H and O–H groups in total. The second-order valence-electron chi connectivity index (χ2n) is 3.04. The van der Waals surface area contributed by atoms with Gasteiger partial charge in [0, 0.05) is 16.6 Å². The van der Waals surface area contributed by atoms with Gasteiger partial charge in [0.15, 0.2) is 0 Å². The van der Waals surface area contributed by atoms with Crippen LogP contribution in [0.2, 0.25) is 0 Å². The molecule has 15 heavy (non-hydrogen) atoms. The van der Waals surface area contributed by atoms with Crippen molar-refractivity contribution < 1.29 is 23.6 Å². The highest BCUT2D eigenvalue weighted by Crippen LogP contribution is 2.01. The van der Waals surface area contributed by atoms with E-state index in [1.165, 1.54) is 6.92 Å². The van der Waals surface area contributed by atoms with Crippen molar-refractivity contribution in [2.24, 2.45) is 0 Å². The predicted octanol–water partition coefficient (Wildman–Crippen LogP) is 0.552. The number of ether oxygens (including phenoxy) is 1. The SMILES string of the molecule is CCCOC(=O)C(C)S(=O)CCC(=O)O. The highest BCUT2D eigenvalue weighted by atomic mass is 32.2. The first kappa shape index (κ1) is 14.1. The maximum Gasteiger partial charge on any atom is 0.321 e. The van der Waals surface area contributed by atoms with Gasteiger partial charge in [0.1, 0.15) is 5.25 Å². The Morgan fingerprint density at radius 2 is 2.07 bits per heavy atom. The lowest BCUT2D eigenvalue weighted by molar-refractivity contribution is -0.142. The van der Waals surface area contributed by atoms with Gasteiger partial charge in [-0.05, 0) is 13.3 Å². The van der Waals surface area contributed by atoms with Gasteiger partial charge in [0.05, 0.1) is 13.0 Å². The van der Waals surface area contributed by atoms with Crippen LogP contribution in [0.4, 0.5) is 0 Å². The second kappa shape index (κ2) is 7.39. The van der Waals surface area contributed by atoms with E-state index >= 15 is 0 Å². The zero-order valence-corrected chi connectivity index (χ0v) is 9.71. The molecular weight excluding hydrogens is 220 g/mol. The van der Waals surface area contributed by atoms with Crippen molar-refractivity contribution in [2.45, 2.75) is 31.9 Å². The highest BCUT2D eigenvalue weighted by Gasteiger charge is 2.21. The van der Waals surface area contributed by atoms with Crippen molar-refractivity contribution in [1.29, 1.82) is 0 Å². The van der Waals surface area contributed by atoms with Crippen molar-refractivity contribution >= 4 is 22.7 Å². The zero-order chi connectivity index (χ0) is 11.8. The Bertz CT molecular complexity index is 251. The molecule has 0 aromatic rings. The molecule has 0 saturated carbocycles. The fraction of sp³-hybridized carbons (Fsp3) is 0.778. The van der Waals surface area contributed by atoms with Gasteiger partial charge in [-0.3, -0.25) is 13.8 Å². The van der Waals surface area contributed by atoms with Crippen LogP contribution in [-0.4, -0.2) is 38.9 Å². The van der Waals surface area contributed by atoms with Crippen molar-refractivity contribution in [3.63, 3.8) is 0 Å². The van der Waals surface area contributed by atoms with Gasteiger partial charge in [0.25, 0.3) is 0 Å². The fourth-order valence-electron chi connectivity index (χ4n) is 0.792. The van der Waals surface area contributed by atoms with Gasteiger partial charge in [-0.1, -0.05) is 6.92 Å². The molecule has 0 aliphatic rings. The topological polar surface area (TPSA) is 80.7 Å². The minimum atomic E-state index is -1.47. The number of carboxylic acid groups (broad SMARTS) is 1. The Morgan fingerprint density at radius 1 is 1.47 bits per heavy atom. The second-order valence-corrected chi connectivity index (χ2v) is 4.92. The van der Waals surface area contributed by atoms with E-state index in [1.807, 2.05) is 6.92 Å². The fourth-order valence-corrected chi connectivity index (χ4v) is 1.80. The molecule has 0 spiro atoms. The normalized spacial score (nSPS) is 14.3. The lowest BCUT2D eigenvalue weighted by Gasteiger charge is -2.09. The average molecular weight is 236 g/mol. The van der Waals surface area contributed by atoms with Gasteiger partial charge in [-0.15, -0.1) is 0 Å². The summed E-state index contributed by atoms with van der Waals surface area (Å²) < 4.78 is 16.2. The van der Waals surface area contributed by atoms with Gasteiger partial charge in [-0.25, -0.2) is 0 Å². The summed E-state index contributed by atoms with van der Waals surface area (Å²) in [4.78, 5) is 21.4. The molecule has 5 nitrogen and oxygen atoms in total. The van der Waals surface area contributed by atoms with Crippen LogP contribution in [0, 0.1) is 0 Å². The molecule has 2 atom stereocenters. The minimum Gasteiger partial charge on any atom is -0.481 e. The molecule has 0 aliphatic carbocycles. The molecule has 0 aromatic carbocycles. The van der Waals surface area contributed by atoms with E-state index in [0.717, 1.165) is 0 Å². The summed E-state index contributed by atoms with van der Waals surface area (Å²) in [6.07, 6.45) is 0.512. The quantitative estimate of drug-likeness (QED) is 0.653. The molecule has 6 heteroatoms. The van der Waals surface area contributed by atoms with Crippen molar-refractivity contribution in [1.82, 2.24) is 0 Å². The molecule has 0 fully saturated rings. The third-order valence-electron chi connectivity index (χ3n) is 1.69. The first-order chi connectivity index (χ1) is 6.99. The molecule has 88 valence electrons. The molecule has 0 rings (SSSR count). The van der Waals surface area contributed by atoms with Crippen LogP contribution in [0.5, 0.6) is 0 Å². The van der Waals surface area contributed by atoms with Gasteiger partial charge in [0.2, 0.25) is 0 Å². The summed E-state index contributed by atoms with van der Waals surface area (Å²) >= 11 is 0. The van der Waals surface area contributed by atoms with Crippen molar-refractivity contribution in [3.8, 4) is 0 Å². The highest BCUT2D eigenvalue weighted by molar-refractivity contribution is 7.86. The Labute approximate surface area is 91.3 Å². The van der Waals surface area contributed by atoms with Crippen LogP contribution >= 0.6 is 0 Å². The Morgan fingerprint density at radius 3 is 2.53 bits per heavy atom. The monoisotopic (exact) mass is 236 g/mol. The van der Waals surface area contributed by atoms with Crippen LogP contribution in [0.3, 0.4) is 0 Å². The molecule has 0 amide bonds. The number of hydrogen-bond acceptors (Lipinski definition) is 4. The molecule has 0 heterocycles. The number of carbonyl (C=O) groups is 2. The summed E-state index contributed by atoms with van der Waals surface area (Å²) in [5.74, 6) is -1.56. The molecule has 0 aromatic heterocycles. The largest absolute Gasteiger partial charge is 0.481 e. The van der Waals surface area contributed by atoms with Crippen LogP contribution in [0.1, 0.15) is 26.7 Å². The van der Waals surface area contributed by atoms with E-state index < -0.39 is 28.0 Å². The number of carboxylic acids is 1. The van der Waals surface area contributed by atoms with Crippen LogP contribution in [-0.2, 0) is 25.1 Å². The Balaban J connectivity index is 3.96. The maximum atomic E-state index is 11.4. The van der Waals surface area contributed by atoms with E-state index in [0.29, 0.717) is 13.0 Å². The van der Waals surface area contributed by atoms with Crippen LogP contribution in [0.25, 0.3) is 0 Å². The van der Waals surface area contributed by atoms with E-state index in [4.69, 9.17) is 9.84 Å². The summed E-state index contributed by atoms with van der Waals surface area (Å²) in [6, 6.07) is 0. The van der Waals surface area contributed by atoms with Crippen LogP contribution in [0.15, 0.2) is 0 Å². The molecule has 2 unspecified atom stereocenters.